The van der Waals surface area contributed by atoms with Crippen LogP contribution in [0.2, 0.25) is 0 Å². The Morgan fingerprint density at radius 1 is 0.447 bits per heavy atom. The number of unbranched alkanes of at least 4 members (excludes halogenated alkanes) is 20. The monoisotopic (exact) mass is 540 g/mol. The van der Waals surface area contributed by atoms with Gasteiger partial charge in [0.05, 0.1) is 7.05 Å². The Bertz CT molecular complexity index is 467. The lowest BCUT2D eigenvalue weighted by Gasteiger charge is -2.14. The van der Waals surface area contributed by atoms with E-state index in [-0.39, 0.29) is 11.9 Å². The highest BCUT2D eigenvalue weighted by molar-refractivity contribution is 5.69. The van der Waals surface area contributed by atoms with E-state index in [9.17, 15) is 9.59 Å². The SMILES string of the molecule is CCCCCCCCCCCCCC(=O)OCC[NH+](C)CCOC(=O)CCCCCCCCCCCCC. The average Bonchev–Trinajstić information content (AvgIpc) is 2.90. The van der Waals surface area contributed by atoms with Crippen LogP contribution in [-0.2, 0) is 19.1 Å². The van der Waals surface area contributed by atoms with Gasteiger partial charge in [0.25, 0.3) is 0 Å². The number of carbonyl (C=O) groups excluding carboxylic acids is 2. The summed E-state index contributed by atoms with van der Waals surface area (Å²) in [6.07, 6.45) is 29.3. The number of quaternary nitrogens is 1. The Labute approximate surface area is 237 Å². The second-order valence-electron chi connectivity index (χ2n) is 11.5. The Morgan fingerprint density at radius 2 is 0.711 bits per heavy atom. The van der Waals surface area contributed by atoms with E-state index in [1.54, 1.807) is 0 Å². The molecule has 0 bridgehead atoms. The summed E-state index contributed by atoms with van der Waals surface area (Å²) in [5.41, 5.74) is 0. The van der Waals surface area contributed by atoms with E-state index in [2.05, 4.69) is 20.9 Å². The Morgan fingerprint density at radius 3 is 1.00 bits per heavy atom. The maximum absolute atomic E-state index is 11.9. The van der Waals surface area contributed by atoms with Crippen LogP contribution in [0.1, 0.15) is 168 Å². The third-order valence-corrected chi connectivity index (χ3v) is 7.55. The number of nitrogens with one attached hydrogen (secondary N) is 1. The topological polar surface area (TPSA) is 57.0 Å². The van der Waals surface area contributed by atoms with Crippen LogP contribution < -0.4 is 4.90 Å². The summed E-state index contributed by atoms with van der Waals surface area (Å²) in [7, 11) is 2.05. The van der Waals surface area contributed by atoms with Crippen molar-refractivity contribution in [1.29, 1.82) is 0 Å². The molecule has 0 spiro atoms. The van der Waals surface area contributed by atoms with Crippen LogP contribution >= 0.6 is 0 Å². The van der Waals surface area contributed by atoms with Gasteiger partial charge in [-0.15, -0.1) is 0 Å². The molecule has 0 aromatic carbocycles. The largest absolute Gasteiger partial charge is 0.460 e. The van der Waals surface area contributed by atoms with Crippen molar-refractivity contribution in [3.63, 3.8) is 0 Å². The molecule has 1 N–H and O–H groups in total. The summed E-state index contributed by atoms with van der Waals surface area (Å²) in [6, 6.07) is 0. The molecule has 0 aromatic rings. The summed E-state index contributed by atoms with van der Waals surface area (Å²) < 4.78 is 10.8. The van der Waals surface area contributed by atoms with Crippen LogP contribution in [0.15, 0.2) is 0 Å². The molecular formula is C33H66NO4+. The molecule has 0 aromatic heterocycles. The summed E-state index contributed by atoms with van der Waals surface area (Å²) in [5, 5.41) is 0. The van der Waals surface area contributed by atoms with Gasteiger partial charge in [0.1, 0.15) is 26.3 Å². The van der Waals surface area contributed by atoms with Crippen molar-refractivity contribution in [2.45, 2.75) is 168 Å². The van der Waals surface area contributed by atoms with Crippen molar-refractivity contribution >= 4 is 11.9 Å². The fourth-order valence-corrected chi connectivity index (χ4v) is 4.81. The molecule has 226 valence electrons. The van der Waals surface area contributed by atoms with Crippen LogP contribution in [0.4, 0.5) is 0 Å². The van der Waals surface area contributed by atoms with Gasteiger partial charge < -0.3 is 14.4 Å². The molecule has 0 radical (unpaired) electrons. The lowest BCUT2D eigenvalue weighted by Crippen LogP contribution is -3.10. The van der Waals surface area contributed by atoms with Crippen molar-refractivity contribution in [2.75, 3.05) is 33.4 Å². The van der Waals surface area contributed by atoms with Gasteiger partial charge in [0, 0.05) is 12.8 Å². The molecule has 0 amide bonds. The Balaban J connectivity index is 3.39. The van der Waals surface area contributed by atoms with E-state index < -0.39 is 0 Å². The smallest absolute Gasteiger partial charge is 0.305 e. The van der Waals surface area contributed by atoms with E-state index in [1.807, 2.05) is 0 Å². The zero-order valence-electron chi connectivity index (χ0n) is 25.9. The molecule has 0 saturated heterocycles. The minimum Gasteiger partial charge on any atom is -0.460 e. The third kappa shape index (κ3) is 29.5. The quantitative estimate of drug-likeness (QED) is 0.0741. The minimum atomic E-state index is -0.0767. The number of rotatable bonds is 30. The maximum atomic E-state index is 11.9. The molecule has 5 heteroatoms. The zero-order chi connectivity index (χ0) is 27.9. The summed E-state index contributed by atoms with van der Waals surface area (Å²) in [4.78, 5) is 25.1. The van der Waals surface area contributed by atoms with E-state index >= 15 is 0 Å². The number of hydrogen-bond donors (Lipinski definition) is 1. The molecule has 0 unspecified atom stereocenters. The molecule has 0 rings (SSSR count). The highest BCUT2D eigenvalue weighted by atomic mass is 16.5. The van der Waals surface area contributed by atoms with Crippen LogP contribution in [0.5, 0.6) is 0 Å². The predicted octanol–water partition coefficient (Wildman–Crippen LogP) is 7.99. The van der Waals surface area contributed by atoms with Crippen LogP contribution in [0, 0.1) is 0 Å². The molecular weight excluding hydrogens is 474 g/mol. The highest BCUT2D eigenvalue weighted by Crippen LogP contribution is 2.13. The first kappa shape index (κ1) is 36.9. The number of likely N-dealkylation sites (N-methyl/N-ethyl adjacent to an activating group) is 1. The number of hydrogen-bond acceptors (Lipinski definition) is 4. The Kier molecular flexibility index (Phi) is 29.6. The van der Waals surface area contributed by atoms with E-state index in [4.69, 9.17) is 9.47 Å². The minimum absolute atomic E-state index is 0.0767. The van der Waals surface area contributed by atoms with Gasteiger partial charge in [-0.05, 0) is 12.8 Å². The molecule has 0 aliphatic rings. The van der Waals surface area contributed by atoms with Crippen LogP contribution in [-0.4, -0.2) is 45.3 Å². The highest BCUT2D eigenvalue weighted by Gasteiger charge is 2.08. The standard InChI is InChI=1S/C33H65NO4/c1-4-6-8-10-12-14-16-18-20-22-24-26-32(35)37-30-28-34(3)29-31-38-33(36)27-25-23-21-19-17-15-13-11-9-7-5-2/h4-31H2,1-3H3/p+1. The Hall–Kier alpha value is -1.10. The molecule has 0 aliphatic heterocycles. The van der Waals surface area contributed by atoms with E-state index in [0.29, 0.717) is 26.1 Å². The van der Waals surface area contributed by atoms with Gasteiger partial charge in [0.15, 0.2) is 0 Å². The molecule has 0 atom stereocenters. The van der Waals surface area contributed by atoms with Gasteiger partial charge in [-0.1, -0.05) is 142 Å². The molecule has 0 saturated carbocycles. The first-order valence-electron chi connectivity index (χ1n) is 16.7. The normalized spacial score (nSPS) is 11.3. The fraction of sp³-hybridized carbons (Fsp3) is 0.939. The first-order valence-corrected chi connectivity index (χ1v) is 16.7. The predicted molar refractivity (Wildman–Crippen MR) is 161 cm³/mol. The van der Waals surface area contributed by atoms with Crippen molar-refractivity contribution in [3.8, 4) is 0 Å². The van der Waals surface area contributed by atoms with Crippen molar-refractivity contribution in [3.05, 3.63) is 0 Å². The summed E-state index contributed by atoms with van der Waals surface area (Å²) >= 11 is 0. The number of esters is 2. The first-order chi connectivity index (χ1) is 18.6. The van der Waals surface area contributed by atoms with E-state index in [0.717, 1.165) is 38.8 Å². The van der Waals surface area contributed by atoms with Gasteiger partial charge in [-0.2, -0.15) is 0 Å². The summed E-state index contributed by atoms with van der Waals surface area (Å²) in [5.74, 6) is -0.153. The van der Waals surface area contributed by atoms with Crippen LogP contribution in [0.25, 0.3) is 0 Å². The lowest BCUT2D eigenvalue weighted by atomic mass is 10.1. The van der Waals surface area contributed by atoms with Gasteiger partial charge in [0.2, 0.25) is 0 Å². The number of ether oxygens (including phenoxy) is 2. The second kappa shape index (κ2) is 30.4. The maximum Gasteiger partial charge on any atom is 0.305 e. The van der Waals surface area contributed by atoms with Gasteiger partial charge in [-0.3, -0.25) is 9.59 Å². The van der Waals surface area contributed by atoms with Gasteiger partial charge >= 0.3 is 11.9 Å². The number of carbonyl (C=O) groups is 2. The third-order valence-electron chi connectivity index (χ3n) is 7.55. The van der Waals surface area contributed by atoms with E-state index in [1.165, 1.54) is 120 Å². The molecule has 5 nitrogen and oxygen atoms in total. The lowest BCUT2D eigenvalue weighted by molar-refractivity contribution is -0.880. The molecule has 38 heavy (non-hydrogen) atoms. The van der Waals surface area contributed by atoms with Crippen molar-refractivity contribution < 1.29 is 24.0 Å². The molecule has 0 fully saturated rings. The molecule has 0 aliphatic carbocycles. The summed E-state index contributed by atoms with van der Waals surface area (Å²) in [6.45, 7) is 6.90. The zero-order valence-corrected chi connectivity index (χ0v) is 25.9. The molecule has 0 heterocycles. The fourth-order valence-electron chi connectivity index (χ4n) is 4.81. The van der Waals surface area contributed by atoms with Gasteiger partial charge in [-0.25, -0.2) is 0 Å². The second-order valence-corrected chi connectivity index (χ2v) is 11.5. The van der Waals surface area contributed by atoms with Crippen molar-refractivity contribution in [2.24, 2.45) is 0 Å². The average molecular weight is 541 g/mol. The van der Waals surface area contributed by atoms with Crippen LogP contribution in [0.3, 0.4) is 0 Å². The van der Waals surface area contributed by atoms with Crippen molar-refractivity contribution in [1.82, 2.24) is 0 Å².